The summed E-state index contributed by atoms with van der Waals surface area (Å²) in [4.78, 5) is 13.4. The van der Waals surface area contributed by atoms with Gasteiger partial charge in [0.05, 0.1) is 32.0 Å². The van der Waals surface area contributed by atoms with E-state index in [0.29, 0.717) is 12.8 Å². The number of unbranched alkanes of at least 4 members (excludes halogenated alkanes) is 33. The number of aliphatic hydroxyl groups is 8. The van der Waals surface area contributed by atoms with Gasteiger partial charge in [0.15, 0.2) is 12.6 Å². The van der Waals surface area contributed by atoms with Crippen LogP contribution in [0.5, 0.6) is 0 Å². The summed E-state index contributed by atoms with van der Waals surface area (Å²) >= 11 is 0. The van der Waals surface area contributed by atoms with E-state index in [1.165, 1.54) is 173 Å². The standard InChI is InChI=1S/C86H147NO13/c1-3-5-7-9-11-13-15-17-19-21-23-25-27-29-31-33-35-36-37-38-40-42-44-46-48-50-52-54-56-58-60-62-64-66-68-70-78(91)87-74(73-97-85-83(96)81(94)84(77(72-89)99-85)100-86-82(95)80(93)79(92)76(71-88)98-86)75(90)69-67-65-63-61-59-57-55-53-51-49-47-45-43-41-39-34-32-30-28-26-24-22-20-18-16-14-12-10-8-6-4-2/h5,7,11,13,17,19,23,25,29,31,35-36,38,40,44,46,51,53,59,61,67,69,74-77,79-86,88-90,92-96H,3-4,6,8-10,12,14-16,18,20-22,24,26-28,30,32-34,37,39,41-43,45,47-50,52,54-58,60,62-66,68,70-73H2,1-2H3,(H,87,91)/b7-5-,13-11-,19-17-,25-23-,31-29-,36-35-,40-38-,46-44-,53-51+,61-59+,69-67+. The zero-order chi connectivity index (χ0) is 72.2. The molecule has 2 saturated heterocycles. The third-order valence-electron chi connectivity index (χ3n) is 18.8. The van der Waals surface area contributed by atoms with E-state index in [1.807, 2.05) is 6.08 Å². The van der Waals surface area contributed by atoms with Crippen LogP contribution in [0.15, 0.2) is 134 Å². The first kappa shape index (κ1) is 92.2. The molecule has 100 heavy (non-hydrogen) atoms. The van der Waals surface area contributed by atoms with Crippen molar-refractivity contribution in [1.82, 2.24) is 5.32 Å². The Balaban J connectivity index is 1.66. The van der Waals surface area contributed by atoms with Gasteiger partial charge in [0.1, 0.15) is 48.8 Å². The molecule has 12 atom stereocenters. The molecule has 0 bridgehead atoms. The third kappa shape index (κ3) is 50.5. The summed E-state index contributed by atoms with van der Waals surface area (Å²) in [5.41, 5.74) is 0. The monoisotopic (exact) mass is 1400 g/mol. The number of carbonyl (C=O) groups is 1. The summed E-state index contributed by atoms with van der Waals surface area (Å²) in [6.45, 7) is 2.68. The predicted molar refractivity (Wildman–Crippen MR) is 415 cm³/mol. The Bertz CT molecular complexity index is 2200. The molecular weight excluding hydrogens is 1250 g/mol. The van der Waals surface area contributed by atoms with Gasteiger partial charge in [0.2, 0.25) is 5.91 Å². The SMILES string of the molecule is CC/C=C\C/C=C\C/C=C\C/C=C\C/C=C\C/C=C\C/C=C\C/C=C\CCCCCCCCCCCCC(=O)NC(COC1OC(CO)C(OC2OC(CO)C(O)C(O)C2O)C(O)C1O)C(O)/C=C/CC/C=C/CC/C=C/CCCCCCCCCCCCCCCCCCCCCCC. The van der Waals surface area contributed by atoms with Crippen LogP contribution in [0.3, 0.4) is 0 Å². The van der Waals surface area contributed by atoms with Crippen molar-refractivity contribution in [3.05, 3.63) is 134 Å². The van der Waals surface area contributed by atoms with E-state index in [-0.39, 0.29) is 18.9 Å². The van der Waals surface area contributed by atoms with Crippen molar-refractivity contribution >= 4 is 5.91 Å². The molecule has 14 nitrogen and oxygen atoms in total. The molecule has 0 aromatic rings. The molecule has 0 aromatic heterocycles. The van der Waals surface area contributed by atoms with Gasteiger partial charge in [-0.3, -0.25) is 4.79 Å². The van der Waals surface area contributed by atoms with E-state index >= 15 is 0 Å². The molecule has 0 saturated carbocycles. The van der Waals surface area contributed by atoms with Crippen molar-refractivity contribution in [3.8, 4) is 0 Å². The lowest BCUT2D eigenvalue weighted by Gasteiger charge is -2.46. The molecule has 2 aliphatic heterocycles. The highest BCUT2D eigenvalue weighted by Gasteiger charge is 2.51. The zero-order valence-corrected chi connectivity index (χ0v) is 62.9. The molecule has 14 heteroatoms. The van der Waals surface area contributed by atoms with Crippen molar-refractivity contribution in [2.45, 2.75) is 383 Å². The maximum absolute atomic E-state index is 13.4. The van der Waals surface area contributed by atoms with Crippen LogP contribution in [0.4, 0.5) is 0 Å². The lowest BCUT2D eigenvalue weighted by Crippen LogP contribution is -2.65. The molecule has 12 unspecified atom stereocenters. The summed E-state index contributed by atoms with van der Waals surface area (Å²) < 4.78 is 22.9. The first-order chi connectivity index (χ1) is 49.1. The van der Waals surface area contributed by atoms with Crippen LogP contribution in [0.2, 0.25) is 0 Å². The third-order valence-corrected chi connectivity index (χ3v) is 18.8. The molecule has 1 amide bonds. The van der Waals surface area contributed by atoms with Gasteiger partial charge in [-0.15, -0.1) is 0 Å². The van der Waals surface area contributed by atoms with Crippen LogP contribution in [0.25, 0.3) is 0 Å². The van der Waals surface area contributed by atoms with Crippen molar-refractivity contribution < 1.29 is 64.6 Å². The number of amides is 1. The fourth-order valence-corrected chi connectivity index (χ4v) is 12.5. The highest BCUT2D eigenvalue weighted by molar-refractivity contribution is 5.76. The number of hydrogen-bond acceptors (Lipinski definition) is 13. The van der Waals surface area contributed by atoms with Crippen molar-refractivity contribution in [3.63, 3.8) is 0 Å². The Morgan fingerprint density at radius 2 is 0.700 bits per heavy atom. The number of nitrogens with one attached hydrogen (secondary N) is 1. The summed E-state index contributed by atoms with van der Waals surface area (Å²) in [6, 6.07) is -0.952. The maximum atomic E-state index is 13.4. The largest absolute Gasteiger partial charge is 0.394 e. The Hall–Kier alpha value is -3.87. The van der Waals surface area contributed by atoms with Gasteiger partial charge in [-0.1, -0.05) is 327 Å². The Labute approximate surface area is 609 Å². The van der Waals surface area contributed by atoms with Crippen molar-refractivity contribution in [2.75, 3.05) is 19.8 Å². The zero-order valence-electron chi connectivity index (χ0n) is 62.9. The fraction of sp³-hybridized carbons (Fsp3) is 0.733. The van der Waals surface area contributed by atoms with Crippen LogP contribution in [0, 0.1) is 0 Å². The summed E-state index contributed by atoms with van der Waals surface area (Å²) in [5.74, 6) is -0.261. The van der Waals surface area contributed by atoms with Crippen LogP contribution < -0.4 is 5.32 Å². The van der Waals surface area contributed by atoms with Gasteiger partial charge < -0.3 is 65.1 Å². The summed E-state index contributed by atoms with van der Waals surface area (Å²) in [6.07, 6.45) is 85.3. The number of hydrogen-bond donors (Lipinski definition) is 9. The Kier molecular flexibility index (Phi) is 62.9. The number of carbonyl (C=O) groups excluding carboxylic acids is 1. The lowest BCUT2D eigenvalue weighted by molar-refractivity contribution is -0.359. The van der Waals surface area contributed by atoms with Gasteiger partial charge in [0.25, 0.3) is 0 Å². The van der Waals surface area contributed by atoms with Crippen molar-refractivity contribution in [1.29, 1.82) is 0 Å². The molecule has 2 aliphatic rings. The predicted octanol–water partition coefficient (Wildman–Crippen LogP) is 18.6. The van der Waals surface area contributed by atoms with Crippen LogP contribution in [-0.2, 0) is 23.7 Å². The highest BCUT2D eigenvalue weighted by atomic mass is 16.7. The van der Waals surface area contributed by atoms with Gasteiger partial charge in [-0.2, -0.15) is 0 Å². The second kappa shape index (κ2) is 68.3. The first-order valence-electron chi connectivity index (χ1n) is 40.4. The summed E-state index contributed by atoms with van der Waals surface area (Å²) in [5, 5.41) is 87.7. The van der Waals surface area contributed by atoms with Gasteiger partial charge >= 0.3 is 0 Å². The molecule has 9 N–H and O–H groups in total. The molecule has 2 fully saturated rings. The van der Waals surface area contributed by atoms with E-state index in [2.05, 4.69) is 141 Å². The molecule has 2 rings (SSSR count). The molecule has 0 spiro atoms. The number of allylic oxidation sites excluding steroid dienone is 21. The first-order valence-corrected chi connectivity index (χ1v) is 40.4. The molecule has 0 radical (unpaired) electrons. The molecule has 2 heterocycles. The molecule has 0 aliphatic carbocycles. The normalized spacial score (nSPS) is 22.6. The maximum Gasteiger partial charge on any atom is 0.220 e. The minimum atomic E-state index is -1.80. The Morgan fingerprint density at radius 3 is 1.10 bits per heavy atom. The van der Waals surface area contributed by atoms with Crippen LogP contribution in [0.1, 0.15) is 309 Å². The minimum Gasteiger partial charge on any atom is -0.394 e. The van der Waals surface area contributed by atoms with E-state index in [4.69, 9.17) is 18.9 Å². The van der Waals surface area contributed by atoms with Crippen LogP contribution in [-0.4, -0.2) is 140 Å². The van der Waals surface area contributed by atoms with Crippen LogP contribution >= 0.6 is 0 Å². The molecule has 574 valence electrons. The smallest absolute Gasteiger partial charge is 0.220 e. The number of rotatable bonds is 66. The number of aliphatic hydroxyl groups excluding tert-OH is 8. The van der Waals surface area contributed by atoms with Crippen molar-refractivity contribution in [2.24, 2.45) is 0 Å². The fourth-order valence-electron chi connectivity index (χ4n) is 12.5. The van der Waals surface area contributed by atoms with Gasteiger partial charge in [-0.25, -0.2) is 0 Å². The van der Waals surface area contributed by atoms with E-state index in [1.54, 1.807) is 6.08 Å². The lowest BCUT2D eigenvalue weighted by atomic mass is 9.97. The minimum absolute atomic E-state index is 0.256. The average Bonchev–Trinajstić information content (AvgIpc) is 0.790. The molecular formula is C86H147NO13. The highest BCUT2D eigenvalue weighted by Crippen LogP contribution is 2.30. The topological polar surface area (TPSA) is 228 Å². The van der Waals surface area contributed by atoms with E-state index in [9.17, 15) is 45.6 Å². The van der Waals surface area contributed by atoms with E-state index in [0.717, 1.165) is 103 Å². The second-order valence-corrected chi connectivity index (χ2v) is 27.8. The average molecular weight is 1400 g/mol. The van der Waals surface area contributed by atoms with Gasteiger partial charge in [0, 0.05) is 6.42 Å². The molecule has 0 aromatic carbocycles. The second-order valence-electron chi connectivity index (χ2n) is 27.8. The summed E-state index contributed by atoms with van der Waals surface area (Å²) in [7, 11) is 0. The quantitative estimate of drug-likeness (QED) is 0.0204. The van der Waals surface area contributed by atoms with Gasteiger partial charge in [-0.05, 0) is 109 Å². The van der Waals surface area contributed by atoms with E-state index < -0.39 is 86.8 Å². The number of ether oxygens (including phenoxy) is 4. The Morgan fingerprint density at radius 1 is 0.370 bits per heavy atom.